The van der Waals surface area contributed by atoms with Crippen LogP contribution in [0.2, 0.25) is 5.02 Å². The quantitative estimate of drug-likeness (QED) is 0.649. The van der Waals surface area contributed by atoms with Crippen LogP contribution in [-0.2, 0) is 6.54 Å². The minimum Gasteiger partial charge on any atom is -0.370 e. The second-order valence-corrected chi connectivity index (χ2v) is 4.79. The molecule has 1 aromatic rings. The molecule has 0 saturated carbocycles. The predicted octanol–water partition coefficient (Wildman–Crippen LogP) is 2.64. The van der Waals surface area contributed by atoms with E-state index in [0.717, 1.165) is 23.7 Å². The molecular formula is C13H18ClN3. The van der Waals surface area contributed by atoms with Gasteiger partial charge in [0.15, 0.2) is 5.96 Å². The lowest BCUT2D eigenvalue weighted by molar-refractivity contribution is 0.338. The van der Waals surface area contributed by atoms with Crippen LogP contribution in [0.15, 0.2) is 29.3 Å². The Kier molecular flexibility index (Phi) is 4.26. The number of benzene rings is 1. The van der Waals surface area contributed by atoms with Gasteiger partial charge in [-0.25, -0.2) is 4.99 Å². The molecule has 2 N–H and O–H groups in total. The monoisotopic (exact) mass is 251 g/mol. The summed E-state index contributed by atoms with van der Waals surface area (Å²) >= 11 is 5.92. The van der Waals surface area contributed by atoms with Crippen molar-refractivity contribution in [2.24, 2.45) is 10.7 Å². The Morgan fingerprint density at radius 2 is 2.06 bits per heavy atom. The molecule has 0 amide bonds. The third kappa shape index (κ3) is 3.63. The van der Waals surface area contributed by atoms with Crippen molar-refractivity contribution in [3.05, 3.63) is 34.9 Å². The van der Waals surface area contributed by atoms with E-state index in [-0.39, 0.29) is 0 Å². The van der Waals surface area contributed by atoms with Crippen LogP contribution in [0.1, 0.15) is 24.8 Å². The predicted molar refractivity (Wildman–Crippen MR) is 72.2 cm³/mol. The number of halogens is 1. The number of nitrogens with zero attached hydrogens (tertiary/aromatic N) is 2. The number of aliphatic imine (C=N–C) groups is 1. The highest BCUT2D eigenvalue weighted by Crippen LogP contribution is 2.12. The highest BCUT2D eigenvalue weighted by Gasteiger charge is 2.11. The summed E-state index contributed by atoms with van der Waals surface area (Å²) in [5.41, 5.74) is 7.07. The molecule has 1 aromatic carbocycles. The summed E-state index contributed by atoms with van der Waals surface area (Å²) in [6.07, 6.45) is 3.73. The number of guanidine groups is 1. The molecule has 4 heteroatoms. The van der Waals surface area contributed by atoms with Gasteiger partial charge >= 0.3 is 0 Å². The Labute approximate surface area is 107 Å². The number of hydrogen-bond acceptors (Lipinski definition) is 1. The van der Waals surface area contributed by atoms with Gasteiger partial charge in [-0.2, -0.15) is 0 Å². The minimum absolute atomic E-state index is 0.600. The maximum atomic E-state index is 5.98. The van der Waals surface area contributed by atoms with Crippen LogP contribution in [0.4, 0.5) is 0 Å². The third-order valence-electron chi connectivity index (χ3n) is 2.99. The number of hydrogen-bond donors (Lipinski definition) is 1. The van der Waals surface area contributed by atoms with E-state index in [4.69, 9.17) is 17.3 Å². The van der Waals surface area contributed by atoms with Crippen LogP contribution in [0.3, 0.4) is 0 Å². The zero-order valence-corrected chi connectivity index (χ0v) is 10.7. The average molecular weight is 252 g/mol. The Morgan fingerprint density at radius 1 is 1.29 bits per heavy atom. The van der Waals surface area contributed by atoms with Gasteiger partial charge in [-0.1, -0.05) is 23.7 Å². The molecular weight excluding hydrogens is 234 g/mol. The maximum Gasteiger partial charge on any atom is 0.191 e. The van der Waals surface area contributed by atoms with Gasteiger partial charge in [0.2, 0.25) is 0 Å². The first-order chi connectivity index (χ1) is 8.25. The van der Waals surface area contributed by atoms with Crippen molar-refractivity contribution in [1.29, 1.82) is 0 Å². The molecule has 3 nitrogen and oxygen atoms in total. The van der Waals surface area contributed by atoms with Crippen molar-refractivity contribution >= 4 is 17.6 Å². The summed E-state index contributed by atoms with van der Waals surface area (Å²) in [6, 6.07) is 7.74. The molecule has 1 aliphatic heterocycles. The fourth-order valence-corrected chi connectivity index (χ4v) is 2.24. The molecule has 0 unspecified atom stereocenters. The molecule has 92 valence electrons. The van der Waals surface area contributed by atoms with Gasteiger partial charge < -0.3 is 10.6 Å². The largest absolute Gasteiger partial charge is 0.370 e. The minimum atomic E-state index is 0.600. The van der Waals surface area contributed by atoms with E-state index >= 15 is 0 Å². The molecule has 2 rings (SSSR count). The second-order valence-electron chi connectivity index (χ2n) is 4.35. The summed E-state index contributed by atoms with van der Waals surface area (Å²) in [4.78, 5) is 6.58. The van der Waals surface area contributed by atoms with Crippen LogP contribution in [0.25, 0.3) is 0 Å². The van der Waals surface area contributed by atoms with Gasteiger partial charge in [-0.3, -0.25) is 0 Å². The van der Waals surface area contributed by atoms with E-state index in [0.29, 0.717) is 12.5 Å². The van der Waals surface area contributed by atoms with Gasteiger partial charge in [-0.15, -0.1) is 0 Å². The van der Waals surface area contributed by atoms with Crippen molar-refractivity contribution in [2.75, 3.05) is 13.1 Å². The van der Waals surface area contributed by atoms with Crippen molar-refractivity contribution < 1.29 is 0 Å². The fraction of sp³-hybridized carbons (Fsp3) is 0.462. The molecule has 0 aliphatic carbocycles. The molecule has 0 aromatic heterocycles. The Morgan fingerprint density at radius 3 is 2.76 bits per heavy atom. The van der Waals surface area contributed by atoms with Gasteiger partial charge in [-0.05, 0) is 37.0 Å². The summed E-state index contributed by atoms with van der Waals surface area (Å²) in [5, 5.41) is 0.745. The first-order valence-corrected chi connectivity index (χ1v) is 6.43. The van der Waals surface area contributed by atoms with E-state index in [1.54, 1.807) is 0 Å². The van der Waals surface area contributed by atoms with Crippen LogP contribution >= 0.6 is 11.6 Å². The standard InChI is InChI=1S/C13H18ClN3/c14-12-6-4-5-11(9-12)10-16-13(15)17-7-2-1-3-8-17/h4-6,9H,1-3,7-8,10H2,(H2,15,16). The highest BCUT2D eigenvalue weighted by atomic mass is 35.5. The molecule has 1 aliphatic rings. The SMILES string of the molecule is NC(=NCc1cccc(Cl)c1)N1CCCCC1. The first-order valence-electron chi connectivity index (χ1n) is 6.05. The molecule has 0 radical (unpaired) electrons. The lowest BCUT2D eigenvalue weighted by Gasteiger charge is -2.27. The topological polar surface area (TPSA) is 41.6 Å². The smallest absolute Gasteiger partial charge is 0.191 e. The zero-order chi connectivity index (χ0) is 12.1. The number of likely N-dealkylation sites (tertiary alicyclic amines) is 1. The summed E-state index contributed by atoms with van der Waals surface area (Å²) < 4.78 is 0. The van der Waals surface area contributed by atoms with E-state index in [1.165, 1.54) is 19.3 Å². The highest BCUT2D eigenvalue weighted by molar-refractivity contribution is 6.30. The van der Waals surface area contributed by atoms with Gasteiger partial charge in [0.05, 0.1) is 6.54 Å². The Hall–Kier alpha value is -1.22. The van der Waals surface area contributed by atoms with Crippen molar-refractivity contribution in [3.63, 3.8) is 0 Å². The lowest BCUT2D eigenvalue weighted by atomic mass is 10.1. The van der Waals surface area contributed by atoms with E-state index in [9.17, 15) is 0 Å². The summed E-state index contributed by atoms with van der Waals surface area (Å²) in [7, 11) is 0. The zero-order valence-electron chi connectivity index (χ0n) is 9.90. The fourth-order valence-electron chi connectivity index (χ4n) is 2.03. The Balaban J connectivity index is 1.95. The normalized spacial score (nSPS) is 17.2. The van der Waals surface area contributed by atoms with Gasteiger partial charge in [0, 0.05) is 18.1 Å². The molecule has 1 fully saturated rings. The number of piperidine rings is 1. The van der Waals surface area contributed by atoms with Crippen LogP contribution in [-0.4, -0.2) is 23.9 Å². The average Bonchev–Trinajstić information content (AvgIpc) is 2.37. The molecule has 1 heterocycles. The summed E-state index contributed by atoms with van der Waals surface area (Å²) in [6.45, 7) is 2.67. The van der Waals surface area contributed by atoms with Gasteiger partial charge in [0.1, 0.15) is 0 Å². The molecule has 17 heavy (non-hydrogen) atoms. The van der Waals surface area contributed by atoms with E-state index in [2.05, 4.69) is 9.89 Å². The van der Waals surface area contributed by atoms with Crippen molar-refractivity contribution in [2.45, 2.75) is 25.8 Å². The number of nitrogens with two attached hydrogens (primary N) is 1. The van der Waals surface area contributed by atoms with Crippen LogP contribution in [0, 0.1) is 0 Å². The Bertz CT molecular complexity index is 397. The van der Waals surface area contributed by atoms with Crippen LogP contribution in [0.5, 0.6) is 0 Å². The molecule has 0 bridgehead atoms. The molecule has 0 atom stereocenters. The van der Waals surface area contributed by atoms with E-state index in [1.807, 2.05) is 24.3 Å². The second kappa shape index (κ2) is 5.92. The van der Waals surface area contributed by atoms with Gasteiger partial charge in [0.25, 0.3) is 0 Å². The molecule has 0 spiro atoms. The van der Waals surface area contributed by atoms with Crippen molar-refractivity contribution in [1.82, 2.24) is 4.90 Å². The lowest BCUT2D eigenvalue weighted by Crippen LogP contribution is -2.40. The van der Waals surface area contributed by atoms with E-state index < -0.39 is 0 Å². The maximum absolute atomic E-state index is 5.98. The molecule has 1 saturated heterocycles. The summed E-state index contributed by atoms with van der Waals surface area (Å²) in [5.74, 6) is 0.657. The third-order valence-corrected chi connectivity index (χ3v) is 3.23. The van der Waals surface area contributed by atoms with Crippen molar-refractivity contribution in [3.8, 4) is 0 Å². The first kappa shape index (κ1) is 12.2. The van der Waals surface area contributed by atoms with Crippen LogP contribution < -0.4 is 5.73 Å². The number of rotatable bonds is 2.